The fourth-order valence-corrected chi connectivity index (χ4v) is 2.14. The van der Waals surface area contributed by atoms with E-state index < -0.39 is 12.1 Å². The van der Waals surface area contributed by atoms with Crippen molar-refractivity contribution in [3.63, 3.8) is 0 Å². The molecule has 0 aliphatic carbocycles. The lowest BCUT2D eigenvalue weighted by molar-refractivity contribution is 0.0302. The van der Waals surface area contributed by atoms with Gasteiger partial charge in [0.05, 0.1) is 25.2 Å². The van der Waals surface area contributed by atoms with Crippen LogP contribution in [0.5, 0.6) is 5.75 Å². The summed E-state index contributed by atoms with van der Waals surface area (Å²) in [6.07, 6.45) is -0.649. The molecule has 0 saturated carbocycles. The van der Waals surface area contributed by atoms with Gasteiger partial charge >= 0.3 is 5.97 Å². The van der Waals surface area contributed by atoms with Crippen molar-refractivity contribution in [1.29, 1.82) is 5.26 Å². The zero-order valence-electron chi connectivity index (χ0n) is 12.0. The summed E-state index contributed by atoms with van der Waals surface area (Å²) < 4.78 is 10.7. The fourth-order valence-electron chi connectivity index (χ4n) is 2.01. The van der Waals surface area contributed by atoms with E-state index in [-0.39, 0.29) is 6.42 Å². The Morgan fingerprint density at radius 3 is 2.55 bits per heavy atom. The number of methoxy groups -OCH3 is 1. The van der Waals surface area contributed by atoms with E-state index in [4.69, 9.17) is 26.3 Å². The number of nitriles is 1. The number of carbonyl (C=O) groups is 1. The van der Waals surface area contributed by atoms with Gasteiger partial charge in [0.15, 0.2) is 0 Å². The number of rotatable bonds is 5. The molecule has 5 heteroatoms. The Labute approximate surface area is 133 Å². The molecule has 0 aromatic heterocycles. The minimum absolute atomic E-state index is 0.0414. The summed E-state index contributed by atoms with van der Waals surface area (Å²) in [6, 6.07) is 15.6. The van der Waals surface area contributed by atoms with E-state index in [0.29, 0.717) is 21.9 Å². The summed E-state index contributed by atoms with van der Waals surface area (Å²) in [6.45, 7) is 0. The van der Waals surface area contributed by atoms with E-state index in [9.17, 15) is 4.79 Å². The molecule has 2 aromatic carbocycles. The molecule has 0 aliphatic rings. The van der Waals surface area contributed by atoms with Crippen LogP contribution in [-0.2, 0) is 4.74 Å². The third-order valence-electron chi connectivity index (χ3n) is 3.09. The van der Waals surface area contributed by atoms with Gasteiger partial charge in [0.25, 0.3) is 0 Å². The lowest BCUT2D eigenvalue weighted by Crippen LogP contribution is -2.12. The zero-order chi connectivity index (χ0) is 15.9. The Kier molecular flexibility index (Phi) is 5.40. The smallest absolute Gasteiger partial charge is 0.338 e. The molecule has 0 bridgehead atoms. The monoisotopic (exact) mass is 315 g/mol. The van der Waals surface area contributed by atoms with Gasteiger partial charge in [-0.15, -0.1) is 0 Å². The average Bonchev–Trinajstić information content (AvgIpc) is 2.55. The van der Waals surface area contributed by atoms with Gasteiger partial charge in [-0.2, -0.15) is 5.26 Å². The lowest BCUT2D eigenvalue weighted by atomic mass is 10.1. The topological polar surface area (TPSA) is 59.3 Å². The summed E-state index contributed by atoms with van der Waals surface area (Å²) in [5.74, 6) is 0.0643. The second-order valence-electron chi connectivity index (χ2n) is 4.51. The molecule has 0 radical (unpaired) electrons. The van der Waals surface area contributed by atoms with E-state index in [1.165, 1.54) is 7.11 Å². The third-order valence-corrected chi connectivity index (χ3v) is 3.34. The molecular weight excluding hydrogens is 302 g/mol. The van der Waals surface area contributed by atoms with E-state index in [2.05, 4.69) is 0 Å². The molecule has 0 N–H and O–H groups in total. The number of ether oxygens (including phenoxy) is 2. The first kappa shape index (κ1) is 15.9. The van der Waals surface area contributed by atoms with Crippen LogP contribution in [0.3, 0.4) is 0 Å². The highest BCUT2D eigenvalue weighted by Crippen LogP contribution is 2.30. The van der Waals surface area contributed by atoms with Crippen LogP contribution in [0.2, 0.25) is 5.02 Å². The number of carbonyl (C=O) groups excluding carboxylic acids is 1. The first-order valence-corrected chi connectivity index (χ1v) is 7.00. The van der Waals surface area contributed by atoms with Gasteiger partial charge in [-0.05, 0) is 30.3 Å². The maximum atomic E-state index is 12.2. The van der Waals surface area contributed by atoms with Crippen LogP contribution in [0.1, 0.15) is 28.4 Å². The van der Waals surface area contributed by atoms with Gasteiger partial charge in [0.1, 0.15) is 11.9 Å². The number of nitrogens with zero attached hydrogens (tertiary/aromatic N) is 1. The van der Waals surface area contributed by atoms with Gasteiger partial charge < -0.3 is 9.47 Å². The van der Waals surface area contributed by atoms with Crippen molar-refractivity contribution in [2.75, 3.05) is 7.11 Å². The van der Waals surface area contributed by atoms with Crippen molar-refractivity contribution in [2.24, 2.45) is 0 Å². The third kappa shape index (κ3) is 3.78. The molecule has 22 heavy (non-hydrogen) atoms. The van der Waals surface area contributed by atoms with Crippen LogP contribution in [0, 0.1) is 11.3 Å². The molecule has 1 atom stereocenters. The minimum Gasteiger partial charge on any atom is -0.496 e. The number of hydrogen-bond donors (Lipinski definition) is 0. The zero-order valence-corrected chi connectivity index (χ0v) is 12.7. The van der Waals surface area contributed by atoms with Crippen LogP contribution in [0.25, 0.3) is 0 Å². The van der Waals surface area contributed by atoms with E-state index in [1.807, 2.05) is 12.1 Å². The van der Waals surface area contributed by atoms with Gasteiger partial charge in [0, 0.05) is 10.6 Å². The quantitative estimate of drug-likeness (QED) is 0.777. The molecule has 1 unspecified atom stereocenters. The summed E-state index contributed by atoms with van der Waals surface area (Å²) in [5, 5.41) is 9.52. The Bertz CT molecular complexity index is 692. The van der Waals surface area contributed by atoms with E-state index in [1.54, 1.807) is 42.5 Å². The van der Waals surface area contributed by atoms with Gasteiger partial charge in [-0.25, -0.2) is 4.79 Å². The number of hydrogen-bond acceptors (Lipinski definition) is 4. The standard InChI is InChI=1S/C17H14ClNO3/c1-21-15-5-3-2-4-14(15)16(10-11-19)22-17(20)12-6-8-13(18)9-7-12/h2-9,16H,10H2,1H3. The summed E-state index contributed by atoms with van der Waals surface area (Å²) in [4.78, 5) is 12.2. The number of para-hydroxylation sites is 1. The maximum absolute atomic E-state index is 12.2. The first-order valence-electron chi connectivity index (χ1n) is 6.62. The Morgan fingerprint density at radius 2 is 1.91 bits per heavy atom. The van der Waals surface area contributed by atoms with Gasteiger partial charge in [0.2, 0.25) is 0 Å². The van der Waals surface area contributed by atoms with Gasteiger partial charge in [-0.1, -0.05) is 29.8 Å². The summed E-state index contributed by atoms with van der Waals surface area (Å²) in [5.41, 5.74) is 1.04. The molecule has 0 heterocycles. The Hall–Kier alpha value is -2.51. The average molecular weight is 316 g/mol. The molecule has 0 saturated heterocycles. The molecule has 0 amide bonds. The second kappa shape index (κ2) is 7.48. The maximum Gasteiger partial charge on any atom is 0.338 e. The first-order chi connectivity index (χ1) is 10.7. The van der Waals surface area contributed by atoms with Crippen molar-refractivity contribution in [2.45, 2.75) is 12.5 Å². The number of benzene rings is 2. The van der Waals surface area contributed by atoms with Crippen LogP contribution < -0.4 is 4.74 Å². The fraction of sp³-hybridized carbons (Fsp3) is 0.176. The normalized spacial score (nSPS) is 11.3. The highest BCUT2D eigenvalue weighted by Gasteiger charge is 2.21. The SMILES string of the molecule is COc1ccccc1C(CC#N)OC(=O)c1ccc(Cl)cc1. The molecule has 2 aromatic rings. The summed E-state index contributed by atoms with van der Waals surface area (Å²) >= 11 is 5.80. The van der Waals surface area contributed by atoms with Crippen molar-refractivity contribution >= 4 is 17.6 Å². The van der Waals surface area contributed by atoms with Crippen LogP contribution in [0.4, 0.5) is 0 Å². The Morgan fingerprint density at radius 1 is 1.23 bits per heavy atom. The summed E-state index contributed by atoms with van der Waals surface area (Å²) in [7, 11) is 1.53. The van der Waals surface area contributed by atoms with E-state index in [0.717, 1.165) is 0 Å². The van der Waals surface area contributed by atoms with Crippen LogP contribution in [-0.4, -0.2) is 13.1 Å². The molecule has 0 fully saturated rings. The predicted octanol–water partition coefficient (Wildman–Crippen LogP) is 4.16. The van der Waals surface area contributed by atoms with Crippen molar-refractivity contribution < 1.29 is 14.3 Å². The lowest BCUT2D eigenvalue weighted by Gasteiger charge is -2.18. The molecule has 4 nitrogen and oxygen atoms in total. The second-order valence-corrected chi connectivity index (χ2v) is 4.94. The number of esters is 1. The highest BCUT2D eigenvalue weighted by molar-refractivity contribution is 6.30. The molecule has 0 spiro atoms. The minimum atomic E-state index is -0.690. The van der Waals surface area contributed by atoms with Crippen molar-refractivity contribution in [1.82, 2.24) is 0 Å². The molecular formula is C17H14ClNO3. The molecule has 112 valence electrons. The largest absolute Gasteiger partial charge is 0.496 e. The molecule has 2 rings (SSSR count). The van der Waals surface area contributed by atoms with Crippen LogP contribution >= 0.6 is 11.6 Å². The van der Waals surface area contributed by atoms with Gasteiger partial charge in [-0.3, -0.25) is 0 Å². The number of halogens is 1. The van der Waals surface area contributed by atoms with Crippen molar-refractivity contribution in [3.8, 4) is 11.8 Å². The van der Waals surface area contributed by atoms with E-state index >= 15 is 0 Å². The van der Waals surface area contributed by atoms with Crippen molar-refractivity contribution in [3.05, 3.63) is 64.7 Å². The Balaban J connectivity index is 2.23. The predicted molar refractivity (Wildman–Crippen MR) is 82.8 cm³/mol. The molecule has 0 aliphatic heterocycles. The van der Waals surface area contributed by atoms with Crippen LogP contribution in [0.15, 0.2) is 48.5 Å². The highest BCUT2D eigenvalue weighted by atomic mass is 35.5.